The molecule has 0 spiro atoms. The van der Waals surface area contributed by atoms with Crippen LogP contribution in [0, 0.1) is 34.6 Å². The van der Waals surface area contributed by atoms with Gasteiger partial charge in [0, 0.05) is 139 Å². The molecule has 0 unspecified atom stereocenters. The van der Waals surface area contributed by atoms with Gasteiger partial charge in [-0.2, -0.15) is 0 Å². The van der Waals surface area contributed by atoms with E-state index in [0.717, 1.165) is 166 Å². The molecule has 4 N–H and O–H groups in total. The lowest BCUT2D eigenvalue weighted by molar-refractivity contribution is 0.101. The van der Waals surface area contributed by atoms with Gasteiger partial charge < -0.3 is 40.4 Å². The van der Waals surface area contributed by atoms with Crippen molar-refractivity contribution in [2.24, 2.45) is 0 Å². The fourth-order valence-corrected chi connectivity index (χ4v) is 15.0. The number of aromatic nitrogens is 12. The zero-order valence-electron chi connectivity index (χ0n) is 77.8. The highest BCUT2D eigenvalue weighted by molar-refractivity contribution is 6.06. The molecule has 0 saturated carbocycles. The van der Waals surface area contributed by atoms with Gasteiger partial charge in [0.2, 0.25) is 0 Å². The van der Waals surface area contributed by atoms with Gasteiger partial charge in [0.1, 0.15) is 5.75 Å². The standard InChI is InChI=1S/C28H29N5O.C28H28N4O2.C27H26N4O3.C27H26N4O/c1-19-11-23(16-29-15-19)28(34)32-24-9-5-7-21(13-24)20(2)12-25-17-30-18-27(31-25)22-8-6-10-26(14-22)33(3)4;1-18-10-23(15-29-14-18)28(33)32-24-7-5-6-21(12-24)20(3)11-25-16-30-17-26(31-25)22-9-8-19(2)27(13-22)34-4;1-18(19-6-4-8-22(13-19)31-27(32)21-7-5-11-28-15-21)12-23-16-29-17-24(30-23)20-9-10-25(33-2)26(14-20)34-3;1-18-7-9-21(10-8-18)26-17-29-16-25(30-26)12-20(3)22-5-4-6-24(13-22)31-27(32)23-11-19(2)14-28-15-23/h5-11,13-18,20H,12H2,1-4H3,(H,32,34);5-10,12-17,20H,11H2,1-4H3,(H,32,33);4-11,13-18H,12H2,1-3H3,(H,31,32);4-11,13-17,20H,12H2,1-3H3,(H,31,32)/t2*20-;18-;20-/m1111/s1. The Hall–Kier alpha value is -16.2. The molecule has 4 atom stereocenters. The molecule has 0 aliphatic rings. The van der Waals surface area contributed by atoms with Gasteiger partial charge >= 0.3 is 0 Å². The molecule has 8 heterocycles. The quantitative estimate of drug-likeness (QED) is 0.0354. The van der Waals surface area contributed by atoms with E-state index in [1.807, 2.05) is 194 Å². The van der Waals surface area contributed by atoms with Gasteiger partial charge in [0.05, 0.1) is 114 Å². The molecule has 8 aromatic carbocycles. The summed E-state index contributed by atoms with van der Waals surface area (Å²) in [4.78, 5) is 106. The van der Waals surface area contributed by atoms with Crippen molar-refractivity contribution in [3.63, 3.8) is 0 Å². The number of anilines is 5. The van der Waals surface area contributed by atoms with Crippen LogP contribution in [0.15, 0.2) is 311 Å². The largest absolute Gasteiger partial charge is 0.496 e. The van der Waals surface area contributed by atoms with E-state index >= 15 is 0 Å². The third-order valence-electron chi connectivity index (χ3n) is 22.4. The number of ether oxygens (including phenoxy) is 3. The minimum atomic E-state index is -0.189. The lowest BCUT2D eigenvalue weighted by Crippen LogP contribution is -2.13. The van der Waals surface area contributed by atoms with E-state index in [1.54, 1.807) is 114 Å². The molecule has 0 aliphatic heterocycles. The molecular weight excluding hydrogens is 1670 g/mol. The topological polar surface area (TPSA) is 302 Å². The zero-order valence-corrected chi connectivity index (χ0v) is 77.8. The molecule has 24 heteroatoms. The van der Waals surface area contributed by atoms with Crippen LogP contribution in [0.5, 0.6) is 17.2 Å². The number of amides is 4. The molecule has 8 aromatic heterocycles. The number of methoxy groups -OCH3 is 3. The van der Waals surface area contributed by atoms with Gasteiger partial charge in [0.15, 0.2) is 11.5 Å². The van der Waals surface area contributed by atoms with Crippen LogP contribution in [0.4, 0.5) is 28.4 Å². The number of benzene rings is 8. The third-order valence-corrected chi connectivity index (χ3v) is 22.4. The van der Waals surface area contributed by atoms with Crippen molar-refractivity contribution in [3.05, 3.63) is 407 Å². The normalized spacial score (nSPS) is 11.6. The summed E-state index contributed by atoms with van der Waals surface area (Å²) in [7, 11) is 8.94. The lowest BCUT2D eigenvalue weighted by atomic mass is 9.95. The van der Waals surface area contributed by atoms with E-state index in [-0.39, 0.29) is 47.3 Å². The Labute approximate surface area is 782 Å². The number of rotatable bonds is 28. The van der Waals surface area contributed by atoms with Gasteiger partial charge in [-0.1, -0.05) is 130 Å². The average Bonchev–Trinajstić information content (AvgIpc) is 0.872. The molecule has 0 fully saturated rings. The summed E-state index contributed by atoms with van der Waals surface area (Å²) in [6.07, 6.45) is 30.4. The van der Waals surface area contributed by atoms with Crippen molar-refractivity contribution >= 4 is 52.1 Å². The van der Waals surface area contributed by atoms with Crippen LogP contribution >= 0.6 is 0 Å². The van der Waals surface area contributed by atoms with Crippen LogP contribution in [-0.4, -0.2) is 119 Å². The number of hydrogen-bond donors (Lipinski definition) is 4. The summed E-state index contributed by atoms with van der Waals surface area (Å²) < 4.78 is 16.2. The smallest absolute Gasteiger partial charge is 0.257 e. The predicted octanol–water partition coefficient (Wildman–Crippen LogP) is 22.2. The van der Waals surface area contributed by atoms with Crippen LogP contribution in [0.25, 0.3) is 45.0 Å². The highest BCUT2D eigenvalue weighted by atomic mass is 16.5. The Morgan fingerprint density at radius 3 is 0.978 bits per heavy atom. The van der Waals surface area contributed by atoms with E-state index in [4.69, 9.17) is 34.1 Å². The molecule has 676 valence electrons. The first-order valence-electron chi connectivity index (χ1n) is 44.1. The van der Waals surface area contributed by atoms with Gasteiger partial charge in [-0.15, -0.1) is 0 Å². The second-order valence-electron chi connectivity index (χ2n) is 33.4. The van der Waals surface area contributed by atoms with Gasteiger partial charge in [-0.25, -0.2) is 19.9 Å². The number of hydrogen-bond acceptors (Lipinski definition) is 20. The van der Waals surface area contributed by atoms with E-state index in [2.05, 4.69) is 167 Å². The number of aryl methyl sites for hydroxylation is 5. The van der Waals surface area contributed by atoms with Crippen molar-refractivity contribution in [1.29, 1.82) is 0 Å². The first-order valence-corrected chi connectivity index (χ1v) is 44.1. The fraction of sp³-hybridized carbons (Fsp3) is 0.200. The molecular formula is C110H109N17O7. The summed E-state index contributed by atoms with van der Waals surface area (Å²) in [5.41, 5.74) is 26.9. The van der Waals surface area contributed by atoms with Crippen LogP contribution in [0.1, 0.15) is 166 Å². The summed E-state index contributed by atoms with van der Waals surface area (Å²) in [6.45, 7) is 18.4. The highest BCUT2D eigenvalue weighted by Gasteiger charge is 2.20. The SMILES string of the molecule is COc1cc(-c2cncc(C[C@@H](C)c3cccc(NC(=O)c4cncc(C)c4)c3)n2)ccc1C.COc1ccc(-c2cncc(C[C@@H](C)c3cccc(NC(=O)c4cccnc4)c3)n2)cc1OC.Cc1ccc(-c2cncc(C[C@@H](C)c3cccc(NC(=O)c4cncc(C)c4)c3)n2)cc1.Cc1cncc(C(=O)Nc2cccc([C@H](C)Cc3cncc(-c4cccc(N(C)C)c4)n3)c2)c1. The first kappa shape index (κ1) is 95.3. The Morgan fingerprint density at radius 2 is 0.619 bits per heavy atom. The van der Waals surface area contributed by atoms with Gasteiger partial charge in [0.25, 0.3) is 23.6 Å². The zero-order chi connectivity index (χ0) is 94.6. The van der Waals surface area contributed by atoms with Crippen molar-refractivity contribution in [2.75, 3.05) is 61.6 Å². The molecule has 16 aromatic rings. The molecule has 0 saturated heterocycles. The van der Waals surface area contributed by atoms with E-state index < -0.39 is 0 Å². The van der Waals surface area contributed by atoms with Gasteiger partial charge in [-0.3, -0.25) is 59.0 Å². The van der Waals surface area contributed by atoms with E-state index in [1.165, 1.54) is 5.56 Å². The van der Waals surface area contributed by atoms with Crippen molar-refractivity contribution < 1.29 is 33.4 Å². The number of carbonyl (C=O) groups excluding carboxylic acids is 4. The van der Waals surface area contributed by atoms with Crippen LogP contribution in [0.2, 0.25) is 0 Å². The highest BCUT2D eigenvalue weighted by Crippen LogP contribution is 2.35. The maximum atomic E-state index is 12.6. The maximum absolute atomic E-state index is 12.6. The summed E-state index contributed by atoms with van der Waals surface area (Å²) in [5.74, 6) is 2.23. The van der Waals surface area contributed by atoms with Crippen molar-refractivity contribution in [1.82, 2.24) is 59.8 Å². The number of pyridine rings is 4. The Balaban J connectivity index is 0.000000152. The van der Waals surface area contributed by atoms with E-state index in [9.17, 15) is 19.2 Å². The summed E-state index contributed by atoms with van der Waals surface area (Å²) in [5, 5.41) is 11.9. The summed E-state index contributed by atoms with van der Waals surface area (Å²) >= 11 is 0. The maximum Gasteiger partial charge on any atom is 0.257 e. The molecule has 16 rings (SSSR count). The molecule has 24 nitrogen and oxygen atoms in total. The Bertz CT molecular complexity index is 6740. The van der Waals surface area contributed by atoms with Crippen LogP contribution in [-0.2, 0) is 25.7 Å². The number of nitrogens with zero attached hydrogens (tertiary/aromatic N) is 13. The predicted molar refractivity (Wildman–Crippen MR) is 531 cm³/mol. The molecule has 0 radical (unpaired) electrons. The first-order chi connectivity index (χ1) is 64.8. The van der Waals surface area contributed by atoms with Crippen LogP contribution < -0.4 is 40.4 Å². The fourth-order valence-electron chi connectivity index (χ4n) is 15.0. The lowest BCUT2D eigenvalue weighted by Gasteiger charge is -2.15. The van der Waals surface area contributed by atoms with Crippen molar-refractivity contribution in [2.45, 2.75) is 112 Å². The molecule has 4 amide bonds. The second-order valence-corrected chi connectivity index (χ2v) is 33.4. The monoisotopic (exact) mass is 1780 g/mol. The Morgan fingerprint density at radius 1 is 0.291 bits per heavy atom. The molecule has 134 heavy (non-hydrogen) atoms. The number of carbonyl (C=O) groups is 4. The Kier molecular flexibility index (Phi) is 33.0. The molecule has 0 bridgehead atoms. The average molecular weight is 1780 g/mol. The third kappa shape index (κ3) is 27.0. The minimum Gasteiger partial charge on any atom is -0.496 e. The van der Waals surface area contributed by atoms with Crippen LogP contribution in [0.3, 0.4) is 0 Å². The minimum absolute atomic E-state index is 0.164. The second kappa shape index (κ2) is 46.3. The van der Waals surface area contributed by atoms with Gasteiger partial charge in [-0.05, 0) is 244 Å². The van der Waals surface area contributed by atoms with Crippen molar-refractivity contribution in [3.8, 4) is 62.3 Å². The molecule has 0 aliphatic carbocycles. The van der Waals surface area contributed by atoms with E-state index in [0.29, 0.717) is 40.2 Å². The number of nitrogens with one attached hydrogen (secondary N) is 4. The summed E-state index contributed by atoms with van der Waals surface area (Å²) in [6, 6.07) is 69.0.